The van der Waals surface area contributed by atoms with E-state index in [1.54, 1.807) is 24.9 Å². The van der Waals surface area contributed by atoms with Crippen molar-refractivity contribution in [2.45, 2.75) is 32.0 Å². The summed E-state index contributed by atoms with van der Waals surface area (Å²) < 4.78 is 12.4. The first kappa shape index (κ1) is 25.3. The number of anilines is 1. The molecule has 1 N–H and O–H groups in total. The molecule has 0 aliphatic rings. The molecule has 8 heteroatoms. The van der Waals surface area contributed by atoms with Gasteiger partial charge in [-0.25, -0.2) is 4.98 Å². The third kappa shape index (κ3) is 5.71. The number of amides is 1. The highest BCUT2D eigenvalue weighted by molar-refractivity contribution is 7.99. The van der Waals surface area contributed by atoms with Gasteiger partial charge in [-0.05, 0) is 73.4 Å². The monoisotopic (exact) mass is 503 g/mol. The minimum atomic E-state index is -0.155. The Morgan fingerprint density at radius 3 is 2.50 bits per heavy atom. The van der Waals surface area contributed by atoms with E-state index >= 15 is 0 Å². The Bertz CT molecular complexity index is 1470. The van der Waals surface area contributed by atoms with Crippen molar-refractivity contribution in [1.29, 1.82) is 0 Å². The molecule has 0 saturated heterocycles. The van der Waals surface area contributed by atoms with Crippen LogP contribution in [0.5, 0.6) is 11.5 Å². The highest BCUT2D eigenvalue weighted by Crippen LogP contribution is 2.28. The summed E-state index contributed by atoms with van der Waals surface area (Å²) in [5, 5.41) is 3.99. The summed E-state index contributed by atoms with van der Waals surface area (Å²) in [5.74, 6) is 1.26. The summed E-state index contributed by atoms with van der Waals surface area (Å²) in [6.45, 7) is 4.45. The second-order valence-electron chi connectivity index (χ2n) is 8.44. The second kappa shape index (κ2) is 11.3. The SMILES string of the molecule is COc1ccc(CCn2c(SCC(=O)Nc3ccc(C)c(C)c3)nc3ccccc3c2=O)cc1OC. The van der Waals surface area contributed by atoms with E-state index in [2.05, 4.69) is 5.32 Å². The highest BCUT2D eigenvalue weighted by Gasteiger charge is 2.14. The normalized spacial score (nSPS) is 10.9. The van der Waals surface area contributed by atoms with Crippen LogP contribution in [-0.4, -0.2) is 35.4 Å². The molecule has 36 heavy (non-hydrogen) atoms. The predicted molar refractivity (Wildman–Crippen MR) is 145 cm³/mol. The van der Waals surface area contributed by atoms with Gasteiger partial charge in [-0.15, -0.1) is 0 Å². The van der Waals surface area contributed by atoms with E-state index < -0.39 is 0 Å². The van der Waals surface area contributed by atoms with Crippen molar-refractivity contribution in [3.05, 3.63) is 87.7 Å². The zero-order chi connectivity index (χ0) is 25.7. The topological polar surface area (TPSA) is 82.5 Å². The summed E-state index contributed by atoms with van der Waals surface area (Å²) in [6.07, 6.45) is 0.586. The van der Waals surface area contributed by atoms with Crippen LogP contribution in [0.1, 0.15) is 16.7 Å². The Morgan fingerprint density at radius 1 is 0.972 bits per heavy atom. The standard InChI is InChI=1S/C28H29N3O4S/c1-18-9-11-21(15-19(18)2)29-26(32)17-36-28-30-23-8-6-5-7-22(23)27(33)31(28)14-13-20-10-12-24(34-3)25(16-20)35-4/h5-12,15-16H,13-14,17H2,1-4H3,(H,29,32). The summed E-state index contributed by atoms with van der Waals surface area (Å²) >= 11 is 1.25. The Morgan fingerprint density at radius 2 is 1.75 bits per heavy atom. The fourth-order valence-corrected chi connectivity index (χ4v) is 4.70. The van der Waals surface area contributed by atoms with Crippen LogP contribution in [0, 0.1) is 13.8 Å². The number of aromatic nitrogens is 2. The van der Waals surface area contributed by atoms with Crippen LogP contribution < -0.4 is 20.3 Å². The van der Waals surface area contributed by atoms with Crippen molar-refractivity contribution in [2.24, 2.45) is 0 Å². The zero-order valence-corrected chi connectivity index (χ0v) is 21.6. The van der Waals surface area contributed by atoms with E-state index in [0.717, 1.165) is 16.8 Å². The lowest BCUT2D eigenvalue weighted by Gasteiger charge is -2.14. The van der Waals surface area contributed by atoms with Gasteiger partial charge in [0.25, 0.3) is 5.56 Å². The Labute approximate surface area is 214 Å². The van der Waals surface area contributed by atoms with Crippen molar-refractivity contribution < 1.29 is 14.3 Å². The van der Waals surface area contributed by atoms with Gasteiger partial charge < -0.3 is 14.8 Å². The number of carbonyl (C=O) groups excluding carboxylic acids is 1. The van der Waals surface area contributed by atoms with Crippen LogP contribution in [0.4, 0.5) is 5.69 Å². The smallest absolute Gasteiger partial charge is 0.262 e. The molecule has 1 amide bonds. The number of thioether (sulfide) groups is 1. The number of hydrogen-bond acceptors (Lipinski definition) is 6. The van der Waals surface area contributed by atoms with E-state index in [9.17, 15) is 9.59 Å². The summed E-state index contributed by atoms with van der Waals surface area (Å²) in [7, 11) is 3.19. The third-order valence-corrected chi connectivity index (χ3v) is 7.00. The van der Waals surface area contributed by atoms with Crippen molar-refractivity contribution >= 4 is 34.3 Å². The van der Waals surface area contributed by atoms with Gasteiger partial charge in [0.2, 0.25) is 5.91 Å². The van der Waals surface area contributed by atoms with E-state index in [0.29, 0.717) is 40.5 Å². The molecular formula is C28H29N3O4S. The molecular weight excluding hydrogens is 474 g/mol. The van der Waals surface area contributed by atoms with E-state index in [1.165, 1.54) is 17.3 Å². The number of ether oxygens (including phenoxy) is 2. The van der Waals surface area contributed by atoms with Gasteiger partial charge >= 0.3 is 0 Å². The first-order chi connectivity index (χ1) is 17.4. The van der Waals surface area contributed by atoms with Crippen molar-refractivity contribution in [2.75, 3.05) is 25.3 Å². The quantitative estimate of drug-likeness (QED) is 0.256. The van der Waals surface area contributed by atoms with Crippen LogP contribution >= 0.6 is 11.8 Å². The lowest BCUT2D eigenvalue weighted by atomic mass is 10.1. The first-order valence-corrected chi connectivity index (χ1v) is 12.6. The van der Waals surface area contributed by atoms with E-state index in [4.69, 9.17) is 14.5 Å². The third-order valence-electron chi connectivity index (χ3n) is 6.02. The van der Waals surface area contributed by atoms with Gasteiger partial charge in [0.05, 0.1) is 30.9 Å². The molecule has 4 aromatic rings. The van der Waals surface area contributed by atoms with Gasteiger partial charge in [0, 0.05) is 12.2 Å². The first-order valence-electron chi connectivity index (χ1n) is 11.6. The molecule has 0 radical (unpaired) electrons. The molecule has 1 heterocycles. The Balaban J connectivity index is 1.56. The second-order valence-corrected chi connectivity index (χ2v) is 9.39. The molecule has 0 saturated carbocycles. The van der Waals surface area contributed by atoms with Crippen LogP contribution in [0.15, 0.2) is 70.6 Å². The molecule has 3 aromatic carbocycles. The number of nitrogens with zero attached hydrogens (tertiary/aromatic N) is 2. The lowest BCUT2D eigenvalue weighted by molar-refractivity contribution is -0.113. The maximum atomic E-state index is 13.4. The zero-order valence-electron chi connectivity index (χ0n) is 20.8. The number of para-hydroxylation sites is 1. The molecule has 1 aromatic heterocycles. The Hall–Kier alpha value is -3.78. The van der Waals surface area contributed by atoms with Crippen LogP contribution in [0.2, 0.25) is 0 Å². The van der Waals surface area contributed by atoms with Gasteiger partial charge in [-0.2, -0.15) is 0 Å². The largest absolute Gasteiger partial charge is 0.493 e. The molecule has 0 unspecified atom stereocenters. The highest BCUT2D eigenvalue weighted by atomic mass is 32.2. The fourth-order valence-electron chi connectivity index (χ4n) is 3.88. The molecule has 0 aliphatic carbocycles. The average Bonchev–Trinajstić information content (AvgIpc) is 2.89. The number of rotatable bonds is 9. The van der Waals surface area contributed by atoms with Gasteiger partial charge in [0.15, 0.2) is 16.7 Å². The summed E-state index contributed by atoms with van der Waals surface area (Å²) in [4.78, 5) is 30.8. The fraction of sp³-hybridized carbons (Fsp3) is 0.250. The van der Waals surface area contributed by atoms with E-state index in [-0.39, 0.29) is 17.2 Å². The number of carbonyl (C=O) groups is 1. The molecule has 7 nitrogen and oxygen atoms in total. The lowest BCUT2D eigenvalue weighted by Crippen LogP contribution is -2.25. The van der Waals surface area contributed by atoms with Crippen molar-refractivity contribution in [1.82, 2.24) is 9.55 Å². The Kier molecular flexibility index (Phi) is 7.95. The maximum absolute atomic E-state index is 13.4. The molecule has 0 spiro atoms. The van der Waals surface area contributed by atoms with Crippen molar-refractivity contribution in [3.8, 4) is 11.5 Å². The summed E-state index contributed by atoms with van der Waals surface area (Å²) in [6, 6.07) is 18.8. The minimum absolute atomic E-state index is 0.127. The number of hydrogen-bond donors (Lipinski definition) is 1. The molecule has 0 atom stereocenters. The molecule has 4 rings (SSSR count). The number of aryl methyl sites for hydroxylation is 3. The maximum Gasteiger partial charge on any atom is 0.262 e. The molecule has 0 fully saturated rings. The number of nitrogens with one attached hydrogen (secondary N) is 1. The molecule has 0 aliphatic heterocycles. The van der Waals surface area contributed by atoms with Gasteiger partial charge in [-0.3, -0.25) is 14.2 Å². The average molecular weight is 504 g/mol. The minimum Gasteiger partial charge on any atom is -0.493 e. The number of methoxy groups -OCH3 is 2. The summed E-state index contributed by atoms with van der Waals surface area (Å²) in [5.41, 5.74) is 4.51. The van der Waals surface area contributed by atoms with Gasteiger partial charge in [0.1, 0.15) is 0 Å². The van der Waals surface area contributed by atoms with Crippen LogP contribution in [0.3, 0.4) is 0 Å². The van der Waals surface area contributed by atoms with E-state index in [1.807, 2.05) is 68.4 Å². The van der Waals surface area contributed by atoms with Gasteiger partial charge in [-0.1, -0.05) is 36.0 Å². The van der Waals surface area contributed by atoms with Crippen LogP contribution in [-0.2, 0) is 17.8 Å². The number of fused-ring (bicyclic) bond motifs is 1. The number of benzene rings is 3. The predicted octanol–water partition coefficient (Wildman–Crippen LogP) is 5.00. The van der Waals surface area contributed by atoms with Crippen LogP contribution in [0.25, 0.3) is 10.9 Å². The molecule has 186 valence electrons. The molecule has 0 bridgehead atoms. The van der Waals surface area contributed by atoms with Crippen molar-refractivity contribution in [3.63, 3.8) is 0 Å².